The summed E-state index contributed by atoms with van der Waals surface area (Å²) in [5, 5.41) is 0.847. The number of hydrogen-bond acceptors (Lipinski definition) is 8. The normalized spacial score (nSPS) is 18.3. The van der Waals surface area contributed by atoms with Crippen molar-refractivity contribution in [3.8, 4) is 23.0 Å². The van der Waals surface area contributed by atoms with Crippen molar-refractivity contribution >= 4 is 25.8 Å². The molecule has 3 aromatic rings. The Morgan fingerprint density at radius 2 is 0.915 bits per heavy atom. The van der Waals surface area contributed by atoms with Crippen LogP contribution < -0.4 is 20.1 Å². The summed E-state index contributed by atoms with van der Waals surface area (Å²) in [5.41, 5.74) is 5.16. The molecule has 6 rings (SSSR count). The van der Waals surface area contributed by atoms with Crippen molar-refractivity contribution in [2.45, 2.75) is 98.3 Å². The van der Waals surface area contributed by atoms with Gasteiger partial charge >= 0.3 is 15.2 Å². The van der Waals surface area contributed by atoms with E-state index in [2.05, 4.69) is 39.8 Å². The Morgan fingerprint density at radius 3 is 1.26 bits per heavy atom. The second-order valence-corrected chi connectivity index (χ2v) is 18.2. The summed E-state index contributed by atoms with van der Waals surface area (Å²) in [7, 11) is -7.50. The molecule has 0 saturated heterocycles. The van der Waals surface area contributed by atoms with E-state index in [1.54, 1.807) is 0 Å². The second-order valence-electron chi connectivity index (χ2n) is 14.2. The van der Waals surface area contributed by atoms with E-state index in [4.69, 9.17) is 27.6 Å². The summed E-state index contributed by atoms with van der Waals surface area (Å²) in [4.78, 5) is 0. The molecule has 2 aliphatic carbocycles. The molecule has 47 heavy (non-hydrogen) atoms. The Hall–Kier alpha value is -2.44. The molecule has 254 valence electrons. The Kier molecular flexibility index (Phi) is 8.69. The Morgan fingerprint density at radius 1 is 0.553 bits per heavy atom. The van der Waals surface area contributed by atoms with Gasteiger partial charge in [0, 0.05) is 11.5 Å². The molecule has 0 atom stereocenters. The van der Waals surface area contributed by atoms with Crippen LogP contribution in [-0.4, -0.2) is 26.4 Å². The number of fused-ring (bicyclic) bond motifs is 4. The lowest BCUT2D eigenvalue weighted by Crippen LogP contribution is -2.27. The molecule has 0 radical (unpaired) electrons. The third-order valence-corrected chi connectivity index (χ3v) is 14.1. The minimum absolute atomic E-state index is 0.225. The van der Waals surface area contributed by atoms with Gasteiger partial charge in [0.15, 0.2) is 0 Å². The Bertz CT molecular complexity index is 1690. The van der Waals surface area contributed by atoms with Crippen molar-refractivity contribution in [3.63, 3.8) is 0 Å². The lowest BCUT2D eigenvalue weighted by Gasteiger charge is -2.31. The van der Waals surface area contributed by atoms with Crippen LogP contribution in [0.15, 0.2) is 36.4 Å². The maximum absolute atomic E-state index is 14.5. The van der Waals surface area contributed by atoms with Crippen molar-refractivity contribution in [1.29, 1.82) is 0 Å². The van der Waals surface area contributed by atoms with Gasteiger partial charge in [-0.05, 0) is 129 Å². The number of hydrogen-bond donors (Lipinski definition) is 0. The fourth-order valence-electron chi connectivity index (χ4n) is 8.23. The molecule has 1 spiro atoms. The van der Waals surface area contributed by atoms with Crippen LogP contribution in [-0.2, 0) is 43.5 Å². The summed E-state index contributed by atoms with van der Waals surface area (Å²) in [5.74, 6) is 1.98. The summed E-state index contributed by atoms with van der Waals surface area (Å²) >= 11 is 0. The summed E-state index contributed by atoms with van der Waals surface area (Å²) < 4.78 is 66.2. The first-order valence-corrected chi connectivity index (χ1v) is 19.8. The highest BCUT2D eigenvalue weighted by Gasteiger charge is 2.58. The molecule has 0 aromatic heterocycles. The predicted molar refractivity (Wildman–Crippen MR) is 186 cm³/mol. The maximum atomic E-state index is 14.5. The minimum atomic E-state index is -3.75. The molecular weight excluding hydrogens is 634 g/mol. The Labute approximate surface area is 279 Å². The SMILES string of the molecule is CCOP(=O)(OCC)c1cc2c3cc1Oc1cc(c(C)cc1C)Oc1cc4c(cc1P(=O)(OCC)OCC)C(C)(C)CC34CC2(C)C. The predicted octanol–water partition coefficient (Wildman–Crippen LogP) is 9.63. The first-order valence-electron chi connectivity index (χ1n) is 16.7. The van der Waals surface area contributed by atoms with E-state index >= 15 is 0 Å². The number of rotatable bonds is 10. The zero-order valence-corrected chi connectivity index (χ0v) is 31.2. The van der Waals surface area contributed by atoms with Crippen molar-refractivity contribution in [2.75, 3.05) is 26.4 Å². The molecule has 1 aliphatic heterocycles. The third kappa shape index (κ3) is 5.44. The van der Waals surface area contributed by atoms with Gasteiger partial charge in [0.05, 0.1) is 26.4 Å². The number of aryl methyl sites for hydroxylation is 2. The first-order chi connectivity index (χ1) is 22.1. The molecule has 0 fully saturated rings. The second kappa shape index (κ2) is 11.9. The first kappa shape index (κ1) is 34.4. The maximum Gasteiger partial charge on any atom is 0.365 e. The minimum Gasteiger partial charge on any atom is -0.456 e. The van der Waals surface area contributed by atoms with Gasteiger partial charge in [0.2, 0.25) is 0 Å². The van der Waals surface area contributed by atoms with Crippen LogP contribution in [0.1, 0.15) is 102 Å². The van der Waals surface area contributed by atoms with E-state index in [0.29, 0.717) is 33.6 Å². The summed E-state index contributed by atoms with van der Waals surface area (Å²) in [6, 6.07) is 12.0. The van der Waals surface area contributed by atoms with Crippen molar-refractivity contribution in [1.82, 2.24) is 0 Å². The van der Waals surface area contributed by atoms with Gasteiger partial charge in [-0.15, -0.1) is 0 Å². The average molecular weight is 683 g/mol. The fourth-order valence-corrected chi connectivity index (χ4v) is 11.6. The van der Waals surface area contributed by atoms with Crippen LogP contribution in [0.5, 0.6) is 23.0 Å². The van der Waals surface area contributed by atoms with Gasteiger partial charge < -0.3 is 27.6 Å². The van der Waals surface area contributed by atoms with Crippen LogP contribution in [0.25, 0.3) is 0 Å². The number of ether oxygens (including phenoxy) is 2. The van der Waals surface area contributed by atoms with Crippen LogP contribution in [0, 0.1) is 13.8 Å². The van der Waals surface area contributed by atoms with Crippen molar-refractivity contribution in [2.24, 2.45) is 0 Å². The molecule has 3 aromatic carbocycles. The van der Waals surface area contributed by atoms with Gasteiger partial charge in [-0.25, -0.2) is 0 Å². The summed E-state index contributed by atoms with van der Waals surface area (Å²) in [6.45, 7) is 21.1. The quantitative estimate of drug-likeness (QED) is 0.195. The monoisotopic (exact) mass is 682 g/mol. The number of benzene rings is 3. The molecule has 6 bridgehead atoms. The average Bonchev–Trinajstić information content (AvgIpc) is 3.33. The van der Waals surface area contributed by atoms with E-state index in [-0.39, 0.29) is 37.3 Å². The molecule has 0 N–H and O–H groups in total. The van der Waals surface area contributed by atoms with Gasteiger partial charge in [-0.1, -0.05) is 27.7 Å². The molecule has 0 unspecified atom stereocenters. The van der Waals surface area contributed by atoms with Crippen LogP contribution in [0.3, 0.4) is 0 Å². The highest BCUT2D eigenvalue weighted by atomic mass is 31.2. The lowest BCUT2D eigenvalue weighted by molar-refractivity contribution is 0.228. The lowest BCUT2D eigenvalue weighted by atomic mass is 9.72. The fraction of sp³-hybridized carbons (Fsp3) is 0.514. The van der Waals surface area contributed by atoms with Crippen LogP contribution in [0.2, 0.25) is 0 Å². The molecule has 1 heterocycles. The van der Waals surface area contributed by atoms with E-state index in [1.807, 2.05) is 65.8 Å². The van der Waals surface area contributed by atoms with E-state index in [0.717, 1.165) is 46.2 Å². The van der Waals surface area contributed by atoms with Gasteiger partial charge in [0.1, 0.15) is 33.6 Å². The largest absolute Gasteiger partial charge is 0.456 e. The molecule has 3 aliphatic rings. The highest BCUT2D eigenvalue weighted by Crippen LogP contribution is 2.65. The molecule has 10 heteroatoms. The third-order valence-electron chi connectivity index (χ3n) is 9.87. The topological polar surface area (TPSA) is 89.5 Å². The van der Waals surface area contributed by atoms with Crippen molar-refractivity contribution < 1.29 is 36.7 Å². The van der Waals surface area contributed by atoms with Gasteiger partial charge in [-0.3, -0.25) is 9.13 Å². The van der Waals surface area contributed by atoms with E-state index in [9.17, 15) is 9.13 Å². The van der Waals surface area contributed by atoms with Crippen molar-refractivity contribution in [3.05, 3.63) is 69.8 Å². The zero-order chi connectivity index (χ0) is 34.2. The van der Waals surface area contributed by atoms with Gasteiger partial charge in [-0.2, -0.15) is 0 Å². The standard InChI is InChI=1S/C37H48O8P2/c1-11-40-46(38,41-12-2)33-18-25-27-16-31(33)44-29-20-30(24(6)15-23(29)5)45-32-17-28-26(19-34(32)47(39,42-13-3)43-14-4)36(9,10)22-37(27,28)21-35(25,7)8/h15-20H,11-14,21-22H2,1-10H3. The van der Waals surface area contributed by atoms with Gasteiger partial charge in [0.25, 0.3) is 0 Å². The highest BCUT2D eigenvalue weighted by molar-refractivity contribution is 7.62. The Balaban J connectivity index is 1.75. The van der Waals surface area contributed by atoms with Crippen LogP contribution in [0.4, 0.5) is 0 Å². The zero-order valence-electron chi connectivity index (χ0n) is 29.4. The smallest absolute Gasteiger partial charge is 0.365 e. The molecular formula is C37H48O8P2. The van der Waals surface area contributed by atoms with E-state index < -0.39 is 20.6 Å². The summed E-state index contributed by atoms with van der Waals surface area (Å²) in [6.07, 6.45) is 1.61. The molecule has 0 saturated carbocycles. The van der Waals surface area contributed by atoms with E-state index in [1.165, 1.54) is 0 Å². The molecule has 0 amide bonds. The van der Waals surface area contributed by atoms with Crippen LogP contribution >= 0.6 is 15.2 Å². The molecule has 8 nitrogen and oxygen atoms in total.